The molecule has 5 heteroatoms. The van der Waals surface area contributed by atoms with E-state index in [1.54, 1.807) is 0 Å². The van der Waals surface area contributed by atoms with Crippen molar-refractivity contribution in [3.8, 4) is 78.1 Å². The highest BCUT2D eigenvalue weighted by Crippen LogP contribution is 2.41. The minimum absolute atomic E-state index is 0.765. The van der Waals surface area contributed by atoms with Crippen LogP contribution >= 0.6 is 11.6 Å². The molecule has 2 aromatic heterocycles. The van der Waals surface area contributed by atoms with Crippen molar-refractivity contribution in [2.24, 2.45) is 0 Å². The molecule has 0 radical (unpaired) electrons. The Balaban J connectivity index is 0.000000151. The molecular formula is C102H71ClN4. The fourth-order valence-corrected chi connectivity index (χ4v) is 15.6. The first-order valence-electron chi connectivity index (χ1n) is 36.3. The summed E-state index contributed by atoms with van der Waals surface area (Å²) in [7, 11) is 0. The Hall–Kier alpha value is -13.8. The molecule has 0 bridgehead atoms. The molecule has 4 nitrogen and oxygen atoms in total. The van der Waals surface area contributed by atoms with Gasteiger partial charge in [0.15, 0.2) is 0 Å². The van der Waals surface area contributed by atoms with Crippen LogP contribution in [0, 0.1) is 0 Å². The molecule has 2 heterocycles. The van der Waals surface area contributed by atoms with Crippen LogP contribution in [0.4, 0.5) is 22.7 Å². The van der Waals surface area contributed by atoms with E-state index >= 15 is 0 Å². The predicted molar refractivity (Wildman–Crippen MR) is 457 cm³/mol. The number of anilines is 4. The fourth-order valence-electron chi connectivity index (χ4n) is 15.4. The molecule has 0 saturated carbocycles. The smallest absolute Gasteiger partial charge is 0.0541 e. The van der Waals surface area contributed by atoms with Crippen LogP contribution in [0.5, 0.6) is 0 Å². The third kappa shape index (κ3) is 12.9. The van der Waals surface area contributed by atoms with Gasteiger partial charge in [0.2, 0.25) is 0 Å². The normalized spacial score (nSPS) is 11.3. The lowest BCUT2D eigenvalue weighted by atomic mass is 9.96. The van der Waals surface area contributed by atoms with Crippen LogP contribution in [0.2, 0.25) is 5.02 Å². The molecule has 0 spiro atoms. The summed E-state index contributed by atoms with van der Waals surface area (Å²) in [6.45, 7) is 0. The maximum atomic E-state index is 5.96. The lowest BCUT2D eigenvalue weighted by Crippen LogP contribution is -2.10. The van der Waals surface area contributed by atoms with Crippen LogP contribution in [0.25, 0.3) is 154 Å². The minimum atomic E-state index is 0.765. The van der Waals surface area contributed by atoms with Crippen molar-refractivity contribution in [2.75, 3.05) is 10.6 Å². The molecule has 0 aliphatic carbocycles. The number of nitrogens with zero attached hydrogens (tertiary/aromatic N) is 3. The second-order valence-corrected chi connectivity index (χ2v) is 27.5. The largest absolute Gasteiger partial charge is 0.399 e. The number of hydrogen-bond donors (Lipinski definition) is 1. The van der Waals surface area contributed by atoms with Gasteiger partial charge in [-0.3, -0.25) is 0 Å². The van der Waals surface area contributed by atoms with E-state index in [1.165, 1.54) is 143 Å². The molecular weight excluding hydrogens is 1320 g/mol. The van der Waals surface area contributed by atoms with E-state index in [2.05, 4.69) is 408 Å². The van der Waals surface area contributed by atoms with Crippen molar-refractivity contribution >= 4 is 110 Å². The number of benzene rings is 18. The summed E-state index contributed by atoms with van der Waals surface area (Å²) < 4.78 is 4.66. The second-order valence-electron chi connectivity index (χ2n) is 27.1. The van der Waals surface area contributed by atoms with Crippen molar-refractivity contribution in [1.82, 2.24) is 9.13 Å². The van der Waals surface area contributed by atoms with Crippen LogP contribution in [0.1, 0.15) is 0 Å². The van der Waals surface area contributed by atoms with Crippen molar-refractivity contribution in [1.29, 1.82) is 0 Å². The molecule has 2 N–H and O–H groups in total. The molecule has 0 unspecified atom stereocenters. The first-order valence-corrected chi connectivity index (χ1v) is 36.7. The van der Waals surface area contributed by atoms with Gasteiger partial charge in [-0.2, -0.15) is 0 Å². The van der Waals surface area contributed by atoms with Crippen LogP contribution in [0.3, 0.4) is 0 Å². The summed E-state index contributed by atoms with van der Waals surface area (Å²) >= 11 is 5.96. The second kappa shape index (κ2) is 28.8. The summed E-state index contributed by atoms with van der Waals surface area (Å²) in [5.74, 6) is 0. The molecule has 0 amide bonds. The SMILES string of the molecule is Clc1ccc(-c2ccc(-c3cccc4ccccc34)cc2)cc1.Nc1ccc(-n2c3ccccc3c3ccccc32)cc1.c1ccc2c(-c3ccc(-c4ccc(N(c5ccc(-c6ccc(-c7cccc8ccccc78)cc6)cc5)c5ccc(-n6c7ccccc7c7ccccc76)cc5)cc4)cc3)cccc2c1. The Morgan fingerprint density at radius 2 is 0.421 bits per heavy atom. The molecule has 20 rings (SSSR count). The summed E-state index contributed by atoms with van der Waals surface area (Å²) in [6, 6.07) is 149. The average molecular weight is 1390 g/mol. The van der Waals surface area contributed by atoms with Gasteiger partial charge in [-0.1, -0.05) is 321 Å². The molecule has 506 valence electrons. The highest BCUT2D eigenvalue weighted by Gasteiger charge is 2.18. The Morgan fingerprint density at radius 3 is 0.729 bits per heavy atom. The Bertz CT molecular complexity index is 6290. The molecule has 107 heavy (non-hydrogen) atoms. The van der Waals surface area contributed by atoms with Gasteiger partial charge in [0, 0.05) is 60.7 Å². The highest BCUT2D eigenvalue weighted by atomic mass is 35.5. The molecule has 0 fully saturated rings. The van der Waals surface area contributed by atoms with E-state index in [9.17, 15) is 0 Å². The minimum Gasteiger partial charge on any atom is -0.399 e. The number of rotatable bonds is 11. The molecule has 0 aliphatic rings. The predicted octanol–water partition coefficient (Wildman–Crippen LogP) is 28.4. The Kier molecular flexibility index (Phi) is 17.6. The Labute approximate surface area is 627 Å². The van der Waals surface area contributed by atoms with Gasteiger partial charge in [0.05, 0.1) is 22.1 Å². The summed E-state index contributed by atoms with van der Waals surface area (Å²) in [4.78, 5) is 2.36. The molecule has 20 aromatic rings. The third-order valence-corrected chi connectivity index (χ3v) is 21.0. The zero-order valence-corrected chi connectivity index (χ0v) is 59.4. The quantitative estimate of drug-likeness (QED) is 0.131. The number of nitrogens with two attached hydrogens (primary N) is 1. The molecule has 18 aromatic carbocycles. The Morgan fingerprint density at radius 1 is 0.196 bits per heavy atom. The maximum Gasteiger partial charge on any atom is 0.0541 e. The summed E-state index contributed by atoms with van der Waals surface area (Å²) in [5, 5.41) is 13.5. The van der Waals surface area contributed by atoms with Gasteiger partial charge in [-0.15, -0.1) is 0 Å². The lowest BCUT2D eigenvalue weighted by molar-refractivity contribution is 1.17. The van der Waals surface area contributed by atoms with Gasteiger partial charge in [-0.05, 0) is 208 Å². The van der Waals surface area contributed by atoms with Gasteiger partial charge < -0.3 is 19.8 Å². The van der Waals surface area contributed by atoms with Gasteiger partial charge in [0.25, 0.3) is 0 Å². The number of para-hydroxylation sites is 4. The first-order chi connectivity index (χ1) is 52.9. The average Bonchev–Trinajstić information content (AvgIpc) is 1.53. The monoisotopic (exact) mass is 1390 g/mol. The zero-order valence-electron chi connectivity index (χ0n) is 58.6. The highest BCUT2D eigenvalue weighted by molar-refractivity contribution is 6.30. The number of nitrogen functional groups attached to an aromatic ring is 1. The number of aromatic nitrogens is 2. The van der Waals surface area contributed by atoms with Gasteiger partial charge in [-0.25, -0.2) is 0 Å². The van der Waals surface area contributed by atoms with E-state index in [0.717, 1.165) is 39.1 Å². The van der Waals surface area contributed by atoms with Crippen molar-refractivity contribution in [3.63, 3.8) is 0 Å². The van der Waals surface area contributed by atoms with Crippen LogP contribution in [0.15, 0.2) is 419 Å². The van der Waals surface area contributed by atoms with E-state index in [-0.39, 0.29) is 0 Å². The van der Waals surface area contributed by atoms with Crippen molar-refractivity contribution in [3.05, 3.63) is 424 Å². The van der Waals surface area contributed by atoms with Crippen molar-refractivity contribution < 1.29 is 0 Å². The third-order valence-electron chi connectivity index (χ3n) is 20.7. The van der Waals surface area contributed by atoms with Crippen LogP contribution < -0.4 is 10.6 Å². The van der Waals surface area contributed by atoms with Crippen LogP contribution in [-0.4, -0.2) is 9.13 Å². The topological polar surface area (TPSA) is 39.1 Å². The van der Waals surface area contributed by atoms with E-state index < -0.39 is 0 Å². The maximum absolute atomic E-state index is 5.96. The van der Waals surface area contributed by atoms with Crippen LogP contribution in [-0.2, 0) is 0 Å². The molecule has 0 atom stereocenters. The van der Waals surface area contributed by atoms with E-state index in [4.69, 9.17) is 17.3 Å². The molecule has 0 aliphatic heterocycles. The van der Waals surface area contributed by atoms with E-state index in [1.807, 2.05) is 24.3 Å². The first kappa shape index (κ1) is 65.3. The summed E-state index contributed by atoms with van der Waals surface area (Å²) in [6.07, 6.45) is 0. The number of halogens is 1. The zero-order chi connectivity index (χ0) is 71.6. The number of hydrogen-bond acceptors (Lipinski definition) is 2. The molecule has 0 saturated heterocycles. The lowest BCUT2D eigenvalue weighted by Gasteiger charge is -2.26. The fraction of sp³-hybridized carbons (Fsp3) is 0. The van der Waals surface area contributed by atoms with Gasteiger partial charge in [0.1, 0.15) is 0 Å². The summed E-state index contributed by atoms with van der Waals surface area (Å²) in [5.41, 5.74) is 31.5. The van der Waals surface area contributed by atoms with Gasteiger partial charge >= 0.3 is 0 Å². The number of fused-ring (bicyclic) bond motifs is 9. The van der Waals surface area contributed by atoms with Crippen molar-refractivity contribution in [2.45, 2.75) is 0 Å². The standard InChI is InChI=1S/C62H42N2.C22H15Cl.C18H14N2/c1-3-15-55-47(11-1)13-9-19-57(55)49-27-23-43(24-28-49)45-31-35-51(36-32-45)63(53-39-41-54(42-40-53)64-61-21-7-5-17-59(61)60-18-6-8-22-62(60)64)52-37-33-46(34-38-52)44-25-29-50(30-26-44)58-20-10-14-48-12-2-4-16-56(48)58;23-20-14-12-17(13-15-20)16-8-10-19(11-9-16)22-7-3-5-18-4-1-2-6-21(18)22;19-13-9-11-14(12-10-13)20-17-7-3-1-5-15(17)16-6-2-4-8-18(16)20/h1-42H;1-15H;1-12H,19H2. The van der Waals surface area contributed by atoms with E-state index in [0.29, 0.717) is 0 Å².